The average Bonchev–Trinajstić information content (AvgIpc) is 3.81. The van der Waals surface area contributed by atoms with Gasteiger partial charge in [0.15, 0.2) is 5.82 Å². The number of nitrogens with zero attached hydrogens (tertiary/aromatic N) is 5. The van der Waals surface area contributed by atoms with Crippen molar-refractivity contribution in [3.63, 3.8) is 0 Å². The van der Waals surface area contributed by atoms with E-state index in [4.69, 9.17) is 30.8 Å². The van der Waals surface area contributed by atoms with Crippen molar-refractivity contribution in [1.29, 1.82) is 0 Å². The van der Waals surface area contributed by atoms with E-state index in [2.05, 4.69) is 45.0 Å². The number of nitrogens with one attached hydrogen (secondary N) is 3. The van der Waals surface area contributed by atoms with Gasteiger partial charge in [-0.15, -0.1) is 21.5 Å². The first kappa shape index (κ1) is 38.3. The summed E-state index contributed by atoms with van der Waals surface area (Å²) in [6, 6.07) is 17.0. The van der Waals surface area contributed by atoms with Gasteiger partial charge >= 0.3 is 0 Å². The van der Waals surface area contributed by atoms with Crippen LogP contribution in [0.5, 0.6) is 0 Å². The number of amides is 2. The molecule has 2 amide bonds. The van der Waals surface area contributed by atoms with E-state index in [-0.39, 0.29) is 18.2 Å². The molecular weight excluding hydrogens is 740 g/mol. The van der Waals surface area contributed by atoms with Crippen molar-refractivity contribution in [1.82, 2.24) is 25.1 Å². The Morgan fingerprint density at radius 2 is 1.67 bits per heavy atom. The van der Waals surface area contributed by atoms with Gasteiger partial charge in [-0.25, -0.2) is 4.98 Å². The number of pyridine rings is 1. The predicted molar refractivity (Wildman–Crippen MR) is 214 cm³/mol. The maximum Gasteiger partial charge on any atom is 0.228 e. The van der Waals surface area contributed by atoms with Gasteiger partial charge in [-0.05, 0) is 73.9 Å². The molecule has 3 N–H and O–H groups in total. The van der Waals surface area contributed by atoms with Gasteiger partial charge in [0, 0.05) is 51.6 Å². The minimum Gasteiger partial charge on any atom is -0.377 e. The molecule has 2 aromatic carbocycles. The van der Waals surface area contributed by atoms with E-state index in [9.17, 15) is 9.59 Å². The number of benzene rings is 2. The summed E-state index contributed by atoms with van der Waals surface area (Å²) in [7, 11) is 0. The highest BCUT2D eigenvalue weighted by atomic mass is 35.5. The second-order valence-corrected chi connectivity index (χ2v) is 14.9. The first-order chi connectivity index (χ1) is 26.8. The van der Waals surface area contributed by atoms with Crippen LogP contribution in [0.2, 0.25) is 5.02 Å². The number of hydrogen-bond acceptors (Lipinski definition) is 11. The fourth-order valence-electron chi connectivity index (χ4n) is 6.60. The molecule has 2 aliphatic rings. The number of carbonyl (C=O) groups is 2. The van der Waals surface area contributed by atoms with E-state index in [1.165, 1.54) is 4.88 Å². The van der Waals surface area contributed by atoms with Crippen molar-refractivity contribution in [3.05, 3.63) is 105 Å². The zero-order chi connectivity index (χ0) is 38.3. The first-order valence-corrected chi connectivity index (χ1v) is 19.4. The first-order valence-electron chi connectivity index (χ1n) is 18.2. The summed E-state index contributed by atoms with van der Waals surface area (Å²) in [6.07, 6.45) is 2.25. The van der Waals surface area contributed by atoms with E-state index in [0.717, 1.165) is 61.4 Å². The molecule has 0 unspecified atom stereocenters. The molecule has 55 heavy (non-hydrogen) atoms. The standard InChI is InChI=1S/C40H43ClN8O5S/c1-24-25(2)55-40-36(24)37(27-6-9-30(41)10-7-27)46-33(39-48-47-26(3)49(39)40)23-34(50)42-13-15-52-17-19-54-20-18-53-16-14-44-38-31(5-4-12-43-38)28-8-11-32-29(21-28)22-35(51)45-32/h4-12,21,33H,13-20,22-23H2,1-3H3,(H,42,50)(H,43,44)(H,45,51)/t33-/m0/s1. The molecule has 5 heterocycles. The molecule has 0 spiro atoms. The van der Waals surface area contributed by atoms with Crippen LogP contribution in [-0.2, 0) is 30.2 Å². The molecule has 3 aromatic heterocycles. The van der Waals surface area contributed by atoms with Crippen LogP contribution >= 0.6 is 22.9 Å². The monoisotopic (exact) mass is 782 g/mol. The number of aromatic nitrogens is 4. The highest BCUT2D eigenvalue weighted by Gasteiger charge is 2.32. The van der Waals surface area contributed by atoms with E-state index in [0.29, 0.717) is 70.0 Å². The lowest BCUT2D eigenvalue weighted by Crippen LogP contribution is -2.29. The number of hydrogen-bond donors (Lipinski definition) is 3. The molecule has 0 fully saturated rings. The summed E-state index contributed by atoms with van der Waals surface area (Å²) in [4.78, 5) is 35.8. The van der Waals surface area contributed by atoms with Gasteiger partial charge in [0.1, 0.15) is 22.7 Å². The number of aliphatic imine (C=N–C) groups is 1. The van der Waals surface area contributed by atoms with Gasteiger partial charge in [0.2, 0.25) is 11.8 Å². The zero-order valence-electron chi connectivity index (χ0n) is 31.0. The number of anilines is 2. The van der Waals surface area contributed by atoms with E-state index in [1.807, 2.05) is 66.1 Å². The predicted octanol–water partition coefficient (Wildman–Crippen LogP) is 6.02. The lowest BCUT2D eigenvalue weighted by molar-refractivity contribution is -0.121. The Balaban J connectivity index is 0.802. The molecule has 286 valence electrons. The average molecular weight is 783 g/mol. The molecule has 1 atom stereocenters. The summed E-state index contributed by atoms with van der Waals surface area (Å²) in [6.45, 7) is 9.58. The molecule has 13 nitrogen and oxygen atoms in total. The summed E-state index contributed by atoms with van der Waals surface area (Å²) in [5.74, 6) is 2.00. The molecule has 0 radical (unpaired) electrons. The minimum absolute atomic E-state index is 0.0140. The van der Waals surface area contributed by atoms with Crippen LogP contribution in [0.3, 0.4) is 0 Å². The number of halogens is 1. The molecule has 15 heteroatoms. The second-order valence-electron chi connectivity index (χ2n) is 13.2. The van der Waals surface area contributed by atoms with Crippen molar-refractivity contribution < 1.29 is 23.8 Å². The van der Waals surface area contributed by atoms with Gasteiger partial charge in [-0.1, -0.05) is 29.8 Å². The Bertz CT molecular complexity index is 2200. The number of carbonyl (C=O) groups excluding carboxylic acids is 2. The SMILES string of the molecule is Cc1sc2c(c1C)C(c1ccc(Cl)cc1)=N[C@@H](CC(=O)NCCOCCOCCOCCNc1ncccc1-c1ccc3c(c1)CC(=O)N3)c1nnc(C)n1-2. The summed E-state index contributed by atoms with van der Waals surface area (Å²) >= 11 is 7.89. The van der Waals surface area contributed by atoms with E-state index >= 15 is 0 Å². The third-order valence-electron chi connectivity index (χ3n) is 9.44. The van der Waals surface area contributed by atoms with Crippen molar-refractivity contribution in [2.45, 2.75) is 39.7 Å². The number of aryl methyl sites for hydroxylation is 2. The van der Waals surface area contributed by atoms with Crippen LogP contribution < -0.4 is 16.0 Å². The molecule has 2 aliphatic heterocycles. The van der Waals surface area contributed by atoms with Crippen LogP contribution in [0.4, 0.5) is 11.5 Å². The molecule has 7 rings (SSSR count). The van der Waals surface area contributed by atoms with Crippen LogP contribution in [-0.4, -0.2) is 90.0 Å². The van der Waals surface area contributed by atoms with Gasteiger partial charge in [-0.3, -0.25) is 19.1 Å². The highest BCUT2D eigenvalue weighted by Crippen LogP contribution is 2.39. The maximum absolute atomic E-state index is 13.2. The fourth-order valence-corrected chi connectivity index (χ4v) is 7.94. The van der Waals surface area contributed by atoms with Crippen LogP contribution in [0.25, 0.3) is 16.1 Å². The second kappa shape index (κ2) is 17.6. The quantitative estimate of drug-likeness (QED) is 0.0961. The van der Waals surface area contributed by atoms with Crippen LogP contribution in [0.15, 0.2) is 65.8 Å². The number of fused-ring (bicyclic) bond motifs is 4. The van der Waals surface area contributed by atoms with Crippen molar-refractivity contribution in [2.75, 3.05) is 63.4 Å². The summed E-state index contributed by atoms with van der Waals surface area (Å²) in [5.41, 5.74) is 7.72. The number of ether oxygens (including phenoxy) is 3. The Hall–Kier alpha value is -4.99. The molecule has 5 aromatic rings. The Labute approximate surface area is 328 Å². The van der Waals surface area contributed by atoms with Crippen molar-refractivity contribution in [3.8, 4) is 16.1 Å². The minimum atomic E-state index is -0.534. The number of thiophene rings is 1. The molecular formula is C40H43ClN8O5S. The zero-order valence-corrected chi connectivity index (χ0v) is 32.6. The van der Waals surface area contributed by atoms with E-state index < -0.39 is 6.04 Å². The lowest BCUT2D eigenvalue weighted by Gasteiger charge is -2.13. The highest BCUT2D eigenvalue weighted by molar-refractivity contribution is 7.15. The van der Waals surface area contributed by atoms with Crippen LogP contribution in [0.1, 0.15) is 51.2 Å². The van der Waals surface area contributed by atoms with Gasteiger partial charge in [-0.2, -0.15) is 0 Å². The molecule has 0 saturated carbocycles. The molecule has 0 aliphatic carbocycles. The Morgan fingerprint density at radius 1 is 0.945 bits per heavy atom. The van der Waals surface area contributed by atoms with Gasteiger partial charge in [0.25, 0.3) is 0 Å². The normalized spacial score (nSPS) is 14.4. The molecule has 0 saturated heterocycles. The fraction of sp³-hybridized carbons (Fsp3) is 0.350. The topological polar surface area (TPSA) is 154 Å². The van der Waals surface area contributed by atoms with Crippen LogP contribution in [0, 0.1) is 20.8 Å². The van der Waals surface area contributed by atoms with E-state index in [1.54, 1.807) is 17.5 Å². The third kappa shape index (κ3) is 8.95. The largest absolute Gasteiger partial charge is 0.377 e. The van der Waals surface area contributed by atoms with Crippen molar-refractivity contribution in [2.24, 2.45) is 4.99 Å². The Morgan fingerprint density at radius 3 is 2.45 bits per heavy atom. The third-order valence-corrected chi connectivity index (χ3v) is 10.9. The smallest absolute Gasteiger partial charge is 0.228 e. The lowest BCUT2D eigenvalue weighted by atomic mass is 9.99. The summed E-state index contributed by atoms with van der Waals surface area (Å²) < 4.78 is 19.1. The van der Waals surface area contributed by atoms with Gasteiger partial charge < -0.3 is 30.2 Å². The molecule has 0 bridgehead atoms. The summed E-state index contributed by atoms with van der Waals surface area (Å²) in [5, 5.41) is 19.7. The maximum atomic E-state index is 13.2. The van der Waals surface area contributed by atoms with Crippen molar-refractivity contribution >= 4 is 52.0 Å². The van der Waals surface area contributed by atoms with Gasteiger partial charge in [0.05, 0.1) is 58.2 Å². The number of rotatable bonds is 17. The Kier molecular flexibility index (Phi) is 12.3.